The molecular weight excluding hydrogens is 877 g/mol. The summed E-state index contributed by atoms with van der Waals surface area (Å²) in [5.41, 5.74) is 24.1. The fourth-order valence-electron chi connectivity index (χ4n) is 13.6. The van der Waals surface area contributed by atoms with E-state index in [1.54, 1.807) is 0 Å². The minimum Gasteiger partial charge on any atom is -0.310 e. The van der Waals surface area contributed by atoms with Crippen LogP contribution in [0.2, 0.25) is 0 Å². The van der Waals surface area contributed by atoms with Crippen molar-refractivity contribution in [2.24, 2.45) is 0 Å². The monoisotopic (exact) mass is 918 g/mol. The summed E-state index contributed by atoms with van der Waals surface area (Å²) in [7, 11) is 0. The van der Waals surface area contributed by atoms with Crippen molar-refractivity contribution in [3.8, 4) is 33.4 Å². The molecule has 11 aromatic carbocycles. The Morgan fingerprint density at radius 1 is 0.310 bits per heavy atom. The van der Waals surface area contributed by atoms with Crippen LogP contribution >= 0.6 is 11.3 Å². The second kappa shape index (κ2) is 14.4. The molecule has 0 bridgehead atoms. The SMILES string of the molecule is c1ccc(N2c3ccccc3C3(c4ccccc4)c4cc(N(c5ccc6c(c5)C5(c7ccccc7-c7ccccc75)c5ccccc5-6)c5ccc6sc7ccccc7c6c5)ccc4-c4cccc2c43)cc1. The van der Waals surface area contributed by atoms with Crippen LogP contribution in [0.25, 0.3) is 53.6 Å². The van der Waals surface area contributed by atoms with Gasteiger partial charge in [-0.15, -0.1) is 11.3 Å². The maximum atomic E-state index is 2.55. The highest BCUT2D eigenvalue weighted by Crippen LogP contribution is 2.66. The number of para-hydroxylation sites is 2. The number of fused-ring (bicyclic) bond motifs is 18. The molecule has 3 aliphatic carbocycles. The van der Waals surface area contributed by atoms with Crippen LogP contribution in [-0.2, 0) is 10.8 Å². The van der Waals surface area contributed by atoms with Crippen molar-refractivity contribution in [3.05, 3.63) is 299 Å². The number of nitrogens with zero attached hydrogens (tertiary/aromatic N) is 2. The molecule has 2 heterocycles. The smallest absolute Gasteiger partial charge is 0.0755 e. The topological polar surface area (TPSA) is 6.48 Å². The molecule has 2 nitrogen and oxygen atoms in total. The summed E-state index contributed by atoms with van der Waals surface area (Å²) in [5.74, 6) is 0. The summed E-state index contributed by atoms with van der Waals surface area (Å²) in [6.07, 6.45) is 0. The van der Waals surface area contributed by atoms with Gasteiger partial charge in [0.15, 0.2) is 0 Å². The minimum atomic E-state index is -0.597. The standard InChI is InChI=1S/C68H42N2S/c1-3-18-43(19-4-1)67-59-30-14-15-31-62(59)70(44-20-5-2-6-21-44)63-32-17-26-54(66(63)67)52-38-35-46(41-60(52)67)69(45-36-39-65-55(40-45)53-25-10-16-33-64(53)71-65)47-34-37-51-50-24-9-13-29-58(50)68(61(51)42-47)56-27-11-7-22-48(56)49-23-8-12-28-57(49)68/h1-42H. The Bertz CT molecular complexity index is 4140. The van der Waals surface area contributed by atoms with Crippen LogP contribution in [-0.4, -0.2) is 0 Å². The molecule has 1 atom stereocenters. The number of thiophene rings is 1. The average Bonchev–Trinajstić information content (AvgIpc) is 4.15. The van der Waals surface area contributed by atoms with Crippen molar-refractivity contribution in [2.45, 2.75) is 10.8 Å². The summed E-state index contributed by atoms with van der Waals surface area (Å²) < 4.78 is 2.59. The number of hydrogen-bond donors (Lipinski definition) is 0. The van der Waals surface area contributed by atoms with E-state index in [1.807, 2.05) is 11.3 Å². The Morgan fingerprint density at radius 3 is 1.48 bits per heavy atom. The van der Waals surface area contributed by atoms with Crippen molar-refractivity contribution in [1.82, 2.24) is 0 Å². The van der Waals surface area contributed by atoms with Gasteiger partial charge in [0.05, 0.1) is 22.2 Å². The molecule has 1 unspecified atom stereocenters. The Morgan fingerprint density at radius 2 is 0.789 bits per heavy atom. The van der Waals surface area contributed by atoms with E-state index >= 15 is 0 Å². The minimum absolute atomic E-state index is 0.474. The van der Waals surface area contributed by atoms with Crippen molar-refractivity contribution < 1.29 is 0 Å². The Kier molecular flexibility index (Phi) is 7.93. The molecular formula is C68H42N2S. The van der Waals surface area contributed by atoms with Gasteiger partial charge in [-0.2, -0.15) is 0 Å². The third-order valence-electron chi connectivity index (χ3n) is 16.2. The molecule has 0 amide bonds. The Hall–Kier alpha value is -8.76. The van der Waals surface area contributed by atoms with Crippen LogP contribution in [0.5, 0.6) is 0 Å². The van der Waals surface area contributed by atoms with E-state index in [0.717, 1.165) is 22.7 Å². The maximum Gasteiger partial charge on any atom is 0.0755 e. The van der Waals surface area contributed by atoms with Gasteiger partial charge in [0.25, 0.3) is 0 Å². The summed E-state index contributed by atoms with van der Waals surface area (Å²) in [4.78, 5) is 5.02. The van der Waals surface area contributed by atoms with Crippen LogP contribution in [0.1, 0.15) is 44.5 Å². The average molecular weight is 919 g/mol. The molecule has 0 N–H and O–H groups in total. The zero-order valence-corrected chi connectivity index (χ0v) is 39.4. The van der Waals surface area contributed by atoms with Gasteiger partial charge in [-0.3, -0.25) is 0 Å². The quantitative estimate of drug-likeness (QED) is 0.170. The van der Waals surface area contributed by atoms with Crippen molar-refractivity contribution in [3.63, 3.8) is 0 Å². The van der Waals surface area contributed by atoms with Crippen LogP contribution in [0.3, 0.4) is 0 Å². The van der Waals surface area contributed by atoms with Crippen LogP contribution < -0.4 is 9.80 Å². The van der Waals surface area contributed by atoms with E-state index in [2.05, 4.69) is 265 Å². The molecule has 0 saturated carbocycles. The lowest BCUT2D eigenvalue weighted by molar-refractivity contribution is 0.753. The largest absolute Gasteiger partial charge is 0.310 e. The zero-order valence-electron chi connectivity index (χ0n) is 38.6. The lowest BCUT2D eigenvalue weighted by Crippen LogP contribution is -2.36. The first-order chi connectivity index (χ1) is 35.2. The number of hydrogen-bond acceptors (Lipinski definition) is 3. The number of anilines is 6. The normalized spacial score (nSPS) is 15.7. The Balaban J connectivity index is 0.984. The van der Waals surface area contributed by atoms with Gasteiger partial charge in [0.1, 0.15) is 0 Å². The molecule has 12 aromatic rings. The molecule has 1 spiro atoms. The van der Waals surface area contributed by atoms with Gasteiger partial charge in [0.2, 0.25) is 0 Å². The van der Waals surface area contributed by atoms with Crippen molar-refractivity contribution in [2.75, 3.05) is 9.80 Å². The highest BCUT2D eigenvalue weighted by atomic mass is 32.1. The zero-order chi connectivity index (χ0) is 46.4. The van der Waals surface area contributed by atoms with E-state index in [4.69, 9.17) is 0 Å². The van der Waals surface area contributed by atoms with Gasteiger partial charge in [-0.25, -0.2) is 0 Å². The molecule has 0 radical (unpaired) electrons. The summed E-state index contributed by atoms with van der Waals surface area (Å²) in [6.45, 7) is 0. The fraction of sp³-hybridized carbons (Fsp3) is 0.0294. The molecule has 0 fully saturated rings. The van der Waals surface area contributed by atoms with E-state index in [9.17, 15) is 0 Å². The van der Waals surface area contributed by atoms with E-state index in [0.29, 0.717) is 0 Å². The van der Waals surface area contributed by atoms with Gasteiger partial charge >= 0.3 is 0 Å². The summed E-state index contributed by atoms with van der Waals surface area (Å²) >= 11 is 1.87. The van der Waals surface area contributed by atoms with Crippen LogP contribution in [0.15, 0.2) is 255 Å². The van der Waals surface area contributed by atoms with Crippen molar-refractivity contribution in [1.29, 1.82) is 0 Å². The highest BCUT2D eigenvalue weighted by molar-refractivity contribution is 7.25. The molecule has 1 aromatic heterocycles. The first-order valence-corrected chi connectivity index (χ1v) is 25.5. The third kappa shape index (κ3) is 5.00. The second-order valence-corrected chi connectivity index (χ2v) is 20.5. The predicted octanol–water partition coefficient (Wildman–Crippen LogP) is 18.0. The maximum absolute atomic E-state index is 2.55. The van der Waals surface area contributed by atoms with Crippen molar-refractivity contribution >= 4 is 65.6 Å². The molecule has 330 valence electrons. The first kappa shape index (κ1) is 39.1. The molecule has 16 rings (SSSR count). The Labute approximate surface area is 416 Å². The molecule has 0 saturated heterocycles. The number of rotatable bonds is 5. The molecule has 71 heavy (non-hydrogen) atoms. The summed E-state index contributed by atoms with van der Waals surface area (Å²) in [6, 6.07) is 96.2. The third-order valence-corrected chi connectivity index (χ3v) is 17.4. The van der Waals surface area contributed by atoms with E-state index < -0.39 is 10.8 Å². The molecule has 4 aliphatic rings. The van der Waals surface area contributed by atoms with Gasteiger partial charge in [-0.1, -0.05) is 182 Å². The van der Waals surface area contributed by atoms with Crippen LogP contribution in [0.4, 0.5) is 34.1 Å². The lowest BCUT2D eigenvalue weighted by atomic mass is 9.65. The van der Waals surface area contributed by atoms with E-state index in [1.165, 1.54) is 109 Å². The molecule has 3 heteroatoms. The molecule has 1 aliphatic heterocycles. The lowest BCUT2D eigenvalue weighted by Gasteiger charge is -2.44. The van der Waals surface area contributed by atoms with Gasteiger partial charge in [-0.05, 0) is 145 Å². The predicted molar refractivity (Wildman–Crippen MR) is 296 cm³/mol. The second-order valence-electron chi connectivity index (χ2n) is 19.5. The van der Waals surface area contributed by atoms with E-state index in [-0.39, 0.29) is 0 Å². The van der Waals surface area contributed by atoms with Gasteiger partial charge < -0.3 is 9.80 Å². The highest BCUT2D eigenvalue weighted by Gasteiger charge is 2.54. The fourth-order valence-corrected chi connectivity index (χ4v) is 14.7. The summed E-state index contributed by atoms with van der Waals surface area (Å²) in [5, 5.41) is 2.57. The van der Waals surface area contributed by atoms with Gasteiger partial charge in [0, 0.05) is 48.5 Å². The van der Waals surface area contributed by atoms with Crippen LogP contribution in [0, 0.1) is 0 Å². The first-order valence-electron chi connectivity index (χ1n) is 24.7. The number of benzene rings is 11.